The molecule has 1 aliphatic rings. The normalized spacial score (nSPS) is 18.9. The summed E-state index contributed by atoms with van der Waals surface area (Å²) >= 11 is 0. The lowest BCUT2D eigenvalue weighted by atomic mass is 10.2. The standard InChI is InChI=1S/C14H22N4O/c1-15-13-8-4-7-12(16-13)14(19)18-9-5-6-11(18)10-17(2)3/h4,7-8,11H,5-6,9-10H2,1-3H3,(H,15,16). The van der Waals surface area contributed by atoms with Gasteiger partial charge in [-0.05, 0) is 39.1 Å². The minimum atomic E-state index is 0.0430. The summed E-state index contributed by atoms with van der Waals surface area (Å²) in [4.78, 5) is 21.0. The molecule has 1 atom stereocenters. The largest absolute Gasteiger partial charge is 0.373 e. The minimum Gasteiger partial charge on any atom is -0.373 e. The van der Waals surface area contributed by atoms with Crippen LogP contribution in [0.3, 0.4) is 0 Å². The molecule has 1 amide bonds. The van der Waals surface area contributed by atoms with Gasteiger partial charge in [0.15, 0.2) is 0 Å². The molecule has 1 aromatic rings. The van der Waals surface area contributed by atoms with Gasteiger partial charge in [0.05, 0.1) is 0 Å². The number of likely N-dealkylation sites (N-methyl/N-ethyl adjacent to an activating group) is 1. The Balaban J connectivity index is 2.13. The van der Waals surface area contributed by atoms with Crippen molar-refractivity contribution in [1.82, 2.24) is 14.8 Å². The van der Waals surface area contributed by atoms with Gasteiger partial charge in [0.25, 0.3) is 5.91 Å². The lowest BCUT2D eigenvalue weighted by Crippen LogP contribution is -2.41. The first-order chi connectivity index (χ1) is 9.11. The van der Waals surface area contributed by atoms with E-state index in [1.807, 2.05) is 31.1 Å². The Morgan fingerprint density at radius 3 is 3.00 bits per heavy atom. The fourth-order valence-corrected chi connectivity index (χ4v) is 2.55. The molecule has 5 nitrogen and oxygen atoms in total. The van der Waals surface area contributed by atoms with E-state index in [-0.39, 0.29) is 5.91 Å². The van der Waals surface area contributed by atoms with Crippen molar-refractivity contribution < 1.29 is 4.79 Å². The molecule has 0 aromatic carbocycles. The predicted molar refractivity (Wildman–Crippen MR) is 76.4 cm³/mol. The molecule has 0 spiro atoms. The zero-order valence-corrected chi connectivity index (χ0v) is 11.9. The summed E-state index contributed by atoms with van der Waals surface area (Å²) < 4.78 is 0. The maximum absolute atomic E-state index is 12.5. The Morgan fingerprint density at radius 1 is 1.53 bits per heavy atom. The first-order valence-electron chi connectivity index (χ1n) is 6.72. The molecule has 104 valence electrons. The number of rotatable bonds is 4. The van der Waals surface area contributed by atoms with E-state index in [9.17, 15) is 4.79 Å². The summed E-state index contributed by atoms with van der Waals surface area (Å²) in [5.74, 6) is 0.774. The van der Waals surface area contributed by atoms with Crippen molar-refractivity contribution in [1.29, 1.82) is 0 Å². The van der Waals surface area contributed by atoms with Gasteiger partial charge in [-0.1, -0.05) is 6.07 Å². The third-order valence-electron chi connectivity index (χ3n) is 3.44. The number of carbonyl (C=O) groups excluding carboxylic acids is 1. The Labute approximate surface area is 114 Å². The van der Waals surface area contributed by atoms with E-state index < -0.39 is 0 Å². The van der Waals surface area contributed by atoms with Crippen molar-refractivity contribution in [2.24, 2.45) is 0 Å². The summed E-state index contributed by atoms with van der Waals surface area (Å²) in [6.45, 7) is 1.75. The number of nitrogens with one attached hydrogen (secondary N) is 1. The minimum absolute atomic E-state index is 0.0430. The second kappa shape index (κ2) is 6.02. The van der Waals surface area contributed by atoms with Gasteiger partial charge in [-0.15, -0.1) is 0 Å². The molecule has 5 heteroatoms. The van der Waals surface area contributed by atoms with Crippen LogP contribution in [0.4, 0.5) is 5.82 Å². The SMILES string of the molecule is CNc1cccc(C(=O)N2CCCC2CN(C)C)n1. The monoisotopic (exact) mass is 262 g/mol. The predicted octanol–water partition coefficient (Wildman–Crippen LogP) is 1.29. The fourth-order valence-electron chi connectivity index (χ4n) is 2.55. The van der Waals surface area contributed by atoms with E-state index in [2.05, 4.69) is 15.2 Å². The number of nitrogens with zero attached hydrogens (tertiary/aromatic N) is 3. The van der Waals surface area contributed by atoms with Crippen LogP contribution in [0.5, 0.6) is 0 Å². The lowest BCUT2D eigenvalue weighted by molar-refractivity contribution is 0.0710. The van der Waals surface area contributed by atoms with Crippen molar-refractivity contribution in [2.75, 3.05) is 39.5 Å². The molecular weight excluding hydrogens is 240 g/mol. The average molecular weight is 262 g/mol. The number of aromatic nitrogens is 1. The van der Waals surface area contributed by atoms with Gasteiger partial charge >= 0.3 is 0 Å². The summed E-state index contributed by atoms with van der Waals surface area (Å²) in [7, 11) is 5.89. The molecule has 1 saturated heterocycles. The molecule has 2 heterocycles. The van der Waals surface area contributed by atoms with E-state index >= 15 is 0 Å². The second-order valence-corrected chi connectivity index (χ2v) is 5.21. The number of likely N-dealkylation sites (tertiary alicyclic amines) is 1. The van der Waals surface area contributed by atoms with E-state index in [4.69, 9.17) is 0 Å². The zero-order chi connectivity index (χ0) is 13.8. The fraction of sp³-hybridized carbons (Fsp3) is 0.571. The maximum Gasteiger partial charge on any atom is 0.272 e. The van der Waals surface area contributed by atoms with Crippen LogP contribution >= 0.6 is 0 Å². The molecule has 1 aromatic heterocycles. The number of hydrogen-bond acceptors (Lipinski definition) is 4. The van der Waals surface area contributed by atoms with Crippen LogP contribution in [-0.2, 0) is 0 Å². The average Bonchev–Trinajstić information content (AvgIpc) is 2.85. The summed E-state index contributed by atoms with van der Waals surface area (Å²) in [5.41, 5.74) is 0.525. The molecule has 0 bridgehead atoms. The van der Waals surface area contributed by atoms with Crippen LogP contribution in [0.2, 0.25) is 0 Å². The molecule has 2 rings (SSSR count). The molecule has 1 fully saturated rings. The van der Waals surface area contributed by atoms with Gasteiger partial charge in [0.2, 0.25) is 0 Å². The number of carbonyl (C=O) groups is 1. The van der Waals surface area contributed by atoms with Crippen molar-refractivity contribution in [3.05, 3.63) is 23.9 Å². The maximum atomic E-state index is 12.5. The number of anilines is 1. The van der Waals surface area contributed by atoms with Crippen LogP contribution in [0.1, 0.15) is 23.3 Å². The third kappa shape index (κ3) is 3.23. The Hall–Kier alpha value is -1.62. The van der Waals surface area contributed by atoms with Gasteiger partial charge < -0.3 is 15.1 Å². The Morgan fingerprint density at radius 2 is 2.32 bits per heavy atom. The van der Waals surface area contributed by atoms with E-state index in [1.165, 1.54) is 0 Å². The number of pyridine rings is 1. The van der Waals surface area contributed by atoms with Crippen LogP contribution < -0.4 is 5.32 Å². The van der Waals surface area contributed by atoms with E-state index in [1.54, 1.807) is 13.1 Å². The molecule has 1 aliphatic heterocycles. The van der Waals surface area contributed by atoms with Crippen LogP contribution in [0.25, 0.3) is 0 Å². The van der Waals surface area contributed by atoms with E-state index in [0.717, 1.165) is 31.7 Å². The molecule has 1 unspecified atom stereocenters. The topological polar surface area (TPSA) is 48.5 Å². The highest BCUT2D eigenvalue weighted by atomic mass is 16.2. The first kappa shape index (κ1) is 13.8. The highest BCUT2D eigenvalue weighted by molar-refractivity contribution is 5.93. The van der Waals surface area contributed by atoms with Crippen molar-refractivity contribution in [3.8, 4) is 0 Å². The third-order valence-corrected chi connectivity index (χ3v) is 3.44. The van der Waals surface area contributed by atoms with Crippen LogP contribution in [-0.4, -0.2) is 61.0 Å². The molecule has 0 radical (unpaired) electrons. The van der Waals surface area contributed by atoms with E-state index in [0.29, 0.717) is 11.7 Å². The van der Waals surface area contributed by atoms with Gasteiger partial charge in [0.1, 0.15) is 11.5 Å². The van der Waals surface area contributed by atoms with Crippen LogP contribution in [0.15, 0.2) is 18.2 Å². The Kier molecular flexibility index (Phi) is 4.37. The van der Waals surface area contributed by atoms with Gasteiger partial charge in [-0.3, -0.25) is 4.79 Å². The molecule has 19 heavy (non-hydrogen) atoms. The highest BCUT2D eigenvalue weighted by Crippen LogP contribution is 2.20. The van der Waals surface area contributed by atoms with Gasteiger partial charge in [-0.2, -0.15) is 0 Å². The second-order valence-electron chi connectivity index (χ2n) is 5.21. The smallest absolute Gasteiger partial charge is 0.272 e. The summed E-state index contributed by atoms with van der Waals surface area (Å²) in [6, 6.07) is 5.82. The van der Waals surface area contributed by atoms with Gasteiger partial charge in [-0.25, -0.2) is 4.98 Å². The quantitative estimate of drug-likeness (QED) is 0.888. The molecule has 1 N–H and O–H groups in total. The van der Waals surface area contributed by atoms with Crippen molar-refractivity contribution >= 4 is 11.7 Å². The van der Waals surface area contributed by atoms with Crippen molar-refractivity contribution in [2.45, 2.75) is 18.9 Å². The number of amides is 1. The highest BCUT2D eigenvalue weighted by Gasteiger charge is 2.30. The Bertz CT molecular complexity index is 447. The van der Waals surface area contributed by atoms with Gasteiger partial charge in [0, 0.05) is 26.2 Å². The summed E-state index contributed by atoms with van der Waals surface area (Å²) in [5, 5.41) is 2.97. The summed E-state index contributed by atoms with van der Waals surface area (Å²) in [6.07, 6.45) is 2.16. The first-order valence-corrected chi connectivity index (χ1v) is 6.72. The molecular formula is C14H22N4O. The lowest BCUT2D eigenvalue weighted by Gasteiger charge is -2.27. The number of hydrogen-bond donors (Lipinski definition) is 1. The van der Waals surface area contributed by atoms with Crippen molar-refractivity contribution in [3.63, 3.8) is 0 Å². The zero-order valence-electron chi connectivity index (χ0n) is 11.9. The van der Waals surface area contributed by atoms with Crippen LogP contribution in [0, 0.1) is 0 Å². The molecule has 0 saturated carbocycles. The molecule has 0 aliphatic carbocycles.